The van der Waals surface area contributed by atoms with Crippen LogP contribution >= 0.6 is 0 Å². The Kier molecular flexibility index (Phi) is 5.43. The first-order valence-electron chi connectivity index (χ1n) is 6.95. The van der Waals surface area contributed by atoms with Gasteiger partial charge in [0.15, 0.2) is 5.54 Å². The van der Waals surface area contributed by atoms with E-state index >= 15 is 0 Å². The maximum atomic E-state index is 12.7. The van der Waals surface area contributed by atoms with Crippen molar-refractivity contribution >= 4 is 5.91 Å². The second-order valence-electron chi connectivity index (χ2n) is 5.96. The molecule has 1 amide bonds. The van der Waals surface area contributed by atoms with E-state index in [9.17, 15) is 18.0 Å². The standard InChI is InChI=1S/C13H24F3N3O/c1-9(2)10(19-6-4-5-7-19)8-18-11(20)12(3,17)13(14,15)16/h9-10H,4-8,17H2,1-3H3,(H,18,20). The highest BCUT2D eigenvalue weighted by molar-refractivity contribution is 5.86. The molecule has 4 nitrogen and oxygen atoms in total. The molecule has 1 aliphatic rings. The molecular weight excluding hydrogens is 271 g/mol. The lowest BCUT2D eigenvalue weighted by Gasteiger charge is -2.33. The number of amides is 1. The van der Waals surface area contributed by atoms with E-state index in [-0.39, 0.29) is 18.5 Å². The Bertz CT molecular complexity index is 336. The number of carbonyl (C=O) groups excluding carboxylic acids is 1. The Morgan fingerprint density at radius 2 is 1.80 bits per heavy atom. The zero-order chi connectivity index (χ0) is 15.6. The summed E-state index contributed by atoms with van der Waals surface area (Å²) in [4.78, 5) is 13.9. The van der Waals surface area contributed by atoms with Gasteiger partial charge in [-0.05, 0) is 38.8 Å². The maximum absolute atomic E-state index is 12.7. The molecular formula is C13H24F3N3O. The third kappa shape index (κ3) is 3.85. The molecule has 2 atom stereocenters. The van der Waals surface area contributed by atoms with Gasteiger partial charge in [0.05, 0.1) is 0 Å². The third-order valence-electron chi connectivity index (χ3n) is 3.91. The number of likely N-dealkylation sites (tertiary alicyclic amines) is 1. The van der Waals surface area contributed by atoms with E-state index < -0.39 is 17.6 Å². The fourth-order valence-electron chi connectivity index (χ4n) is 2.37. The Balaban J connectivity index is 2.61. The predicted octanol–water partition coefficient (Wildman–Crippen LogP) is 1.50. The molecule has 1 aliphatic heterocycles. The van der Waals surface area contributed by atoms with Gasteiger partial charge in [0, 0.05) is 12.6 Å². The highest BCUT2D eigenvalue weighted by Gasteiger charge is 2.53. The molecule has 3 N–H and O–H groups in total. The highest BCUT2D eigenvalue weighted by atomic mass is 19.4. The molecule has 0 radical (unpaired) electrons. The molecule has 0 aliphatic carbocycles. The van der Waals surface area contributed by atoms with Crippen LogP contribution in [0, 0.1) is 5.92 Å². The Hall–Kier alpha value is -0.820. The number of carbonyl (C=O) groups is 1. The molecule has 0 aromatic rings. The van der Waals surface area contributed by atoms with E-state index in [1.54, 1.807) is 0 Å². The monoisotopic (exact) mass is 295 g/mol. The van der Waals surface area contributed by atoms with Crippen molar-refractivity contribution in [3.05, 3.63) is 0 Å². The zero-order valence-corrected chi connectivity index (χ0v) is 12.3. The van der Waals surface area contributed by atoms with Crippen LogP contribution in [-0.4, -0.2) is 48.2 Å². The van der Waals surface area contributed by atoms with Crippen molar-refractivity contribution in [1.29, 1.82) is 0 Å². The zero-order valence-electron chi connectivity index (χ0n) is 12.3. The summed E-state index contributed by atoms with van der Waals surface area (Å²) in [6, 6.07) is 0.0467. The van der Waals surface area contributed by atoms with Crippen molar-refractivity contribution in [2.75, 3.05) is 19.6 Å². The molecule has 1 fully saturated rings. The minimum absolute atomic E-state index is 0.0467. The Labute approximate surface area is 117 Å². The van der Waals surface area contributed by atoms with Crippen molar-refractivity contribution in [2.45, 2.75) is 51.4 Å². The first-order valence-corrected chi connectivity index (χ1v) is 6.95. The van der Waals surface area contributed by atoms with Gasteiger partial charge < -0.3 is 11.1 Å². The summed E-state index contributed by atoms with van der Waals surface area (Å²) < 4.78 is 38.0. The molecule has 2 unspecified atom stereocenters. The van der Waals surface area contributed by atoms with Gasteiger partial charge in [-0.1, -0.05) is 13.8 Å². The maximum Gasteiger partial charge on any atom is 0.415 e. The molecule has 1 rings (SSSR count). The van der Waals surface area contributed by atoms with Crippen LogP contribution in [0.3, 0.4) is 0 Å². The summed E-state index contributed by atoms with van der Waals surface area (Å²) in [6.45, 7) is 6.75. The summed E-state index contributed by atoms with van der Waals surface area (Å²) in [5.74, 6) is -0.918. The van der Waals surface area contributed by atoms with Crippen LogP contribution < -0.4 is 11.1 Å². The number of nitrogens with one attached hydrogen (secondary N) is 1. The van der Waals surface area contributed by atoms with Crippen molar-refractivity contribution in [3.63, 3.8) is 0 Å². The van der Waals surface area contributed by atoms with Crippen LogP contribution in [0.4, 0.5) is 13.2 Å². The number of nitrogens with two attached hydrogens (primary N) is 1. The molecule has 0 aromatic heterocycles. The molecule has 0 aromatic carbocycles. The minimum atomic E-state index is -4.75. The van der Waals surface area contributed by atoms with Gasteiger partial charge in [-0.15, -0.1) is 0 Å². The summed E-state index contributed by atoms with van der Waals surface area (Å²) in [5.41, 5.74) is 2.25. The molecule has 20 heavy (non-hydrogen) atoms. The summed E-state index contributed by atoms with van der Waals surface area (Å²) in [7, 11) is 0. The predicted molar refractivity (Wildman–Crippen MR) is 71.1 cm³/mol. The Morgan fingerprint density at radius 1 is 1.30 bits per heavy atom. The van der Waals surface area contributed by atoms with Gasteiger partial charge in [-0.3, -0.25) is 9.69 Å². The quantitative estimate of drug-likeness (QED) is 0.808. The van der Waals surface area contributed by atoms with Crippen molar-refractivity contribution < 1.29 is 18.0 Å². The van der Waals surface area contributed by atoms with E-state index in [0.717, 1.165) is 25.9 Å². The third-order valence-corrected chi connectivity index (χ3v) is 3.91. The summed E-state index contributed by atoms with van der Waals surface area (Å²) >= 11 is 0. The topological polar surface area (TPSA) is 58.4 Å². The summed E-state index contributed by atoms with van der Waals surface area (Å²) in [6.07, 6.45) is -2.57. The van der Waals surface area contributed by atoms with Crippen LogP contribution in [0.25, 0.3) is 0 Å². The average Bonchev–Trinajstić information content (AvgIpc) is 2.80. The lowest BCUT2D eigenvalue weighted by molar-refractivity contribution is -0.187. The van der Waals surface area contributed by atoms with Gasteiger partial charge in [0.1, 0.15) is 0 Å². The van der Waals surface area contributed by atoms with Crippen LogP contribution in [0.1, 0.15) is 33.6 Å². The smallest absolute Gasteiger partial charge is 0.353 e. The molecule has 7 heteroatoms. The first-order chi connectivity index (χ1) is 9.07. The fraction of sp³-hybridized carbons (Fsp3) is 0.923. The lowest BCUT2D eigenvalue weighted by atomic mass is 10.00. The summed E-state index contributed by atoms with van der Waals surface area (Å²) in [5, 5.41) is 2.36. The van der Waals surface area contributed by atoms with Gasteiger partial charge in [0.25, 0.3) is 0 Å². The lowest BCUT2D eigenvalue weighted by Crippen LogP contribution is -2.62. The van der Waals surface area contributed by atoms with Gasteiger partial charge >= 0.3 is 6.18 Å². The van der Waals surface area contributed by atoms with Crippen molar-refractivity contribution in [2.24, 2.45) is 11.7 Å². The normalized spacial score (nSPS) is 21.8. The fourth-order valence-corrected chi connectivity index (χ4v) is 2.37. The molecule has 118 valence electrons. The number of halogens is 3. The van der Waals surface area contributed by atoms with Crippen LogP contribution in [-0.2, 0) is 4.79 Å². The number of alkyl halides is 3. The first kappa shape index (κ1) is 17.2. The van der Waals surface area contributed by atoms with E-state index in [2.05, 4.69) is 10.2 Å². The average molecular weight is 295 g/mol. The molecule has 1 saturated heterocycles. The highest BCUT2D eigenvalue weighted by Crippen LogP contribution is 2.28. The molecule has 1 heterocycles. The van der Waals surface area contributed by atoms with Gasteiger partial charge in [0.2, 0.25) is 5.91 Å². The van der Waals surface area contributed by atoms with E-state index in [0.29, 0.717) is 6.92 Å². The number of hydrogen-bond acceptors (Lipinski definition) is 3. The number of rotatable bonds is 5. The number of nitrogens with zero attached hydrogens (tertiary/aromatic N) is 1. The van der Waals surface area contributed by atoms with Crippen molar-refractivity contribution in [1.82, 2.24) is 10.2 Å². The van der Waals surface area contributed by atoms with Gasteiger partial charge in [-0.2, -0.15) is 13.2 Å². The minimum Gasteiger partial charge on any atom is -0.353 e. The molecule has 0 saturated carbocycles. The molecule has 0 spiro atoms. The largest absolute Gasteiger partial charge is 0.415 e. The second kappa shape index (κ2) is 6.30. The van der Waals surface area contributed by atoms with Gasteiger partial charge in [-0.25, -0.2) is 0 Å². The van der Waals surface area contributed by atoms with E-state index in [1.165, 1.54) is 0 Å². The van der Waals surface area contributed by atoms with Crippen LogP contribution in [0.2, 0.25) is 0 Å². The molecule has 0 bridgehead atoms. The van der Waals surface area contributed by atoms with E-state index in [4.69, 9.17) is 5.73 Å². The Morgan fingerprint density at radius 3 is 2.20 bits per heavy atom. The van der Waals surface area contributed by atoms with Crippen LogP contribution in [0.15, 0.2) is 0 Å². The van der Waals surface area contributed by atoms with Crippen LogP contribution in [0.5, 0.6) is 0 Å². The van der Waals surface area contributed by atoms with Crippen molar-refractivity contribution in [3.8, 4) is 0 Å². The second-order valence-corrected chi connectivity index (χ2v) is 5.96. The SMILES string of the molecule is CC(C)C(CNC(=O)C(C)(N)C(F)(F)F)N1CCCC1. The van der Waals surface area contributed by atoms with E-state index in [1.807, 2.05) is 13.8 Å². The number of hydrogen-bond donors (Lipinski definition) is 2.